The number of para-hydroxylation sites is 1. The van der Waals surface area contributed by atoms with Gasteiger partial charge in [-0.2, -0.15) is 0 Å². The van der Waals surface area contributed by atoms with Gasteiger partial charge in [0.15, 0.2) is 6.61 Å². The van der Waals surface area contributed by atoms with E-state index in [2.05, 4.69) is 15.9 Å². The Balaban J connectivity index is 2.16. The smallest absolute Gasteiger partial charge is 0.341 e. The number of ether oxygens (including phenoxy) is 1. The van der Waals surface area contributed by atoms with Crippen LogP contribution >= 0.6 is 15.9 Å². The number of benzene rings is 3. The molecule has 3 rings (SSSR count). The molecule has 0 atom stereocenters. The summed E-state index contributed by atoms with van der Waals surface area (Å²) in [5, 5.41) is 9.01. The predicted octanol–water partition coefficient (Wildman–Crippen LogP) is 5.25. The first kappa shape index (κ1) is 16.3. The molecule has 4 heteroatoms. The molecule has 0 spiro atoms. The van der Waals surface area contributed by atoms with E-state index < -0.39 is 5.97 Å². The lowest BCUT2D eigenvalue weighted by Gasteiger charge is -2.16. The van der Waals surface area contributed by atoms with Crippen molar-refractivity contribution in [2.24, 2.45) is 0 Å². The first-order valence-electron chi connectivity index (χ1n) is 7.44. The lowest BCUT2D eigenvalue weighted by atomic mass is 9.97. The van der Waals surface area contributed by atoms with E-state index in [9.17, 15) is 4.79 Å². The highest BCUT2D eigenvalue weighted by Crippen LogP contribution is 2.39. The van der Waals surface area contributed by atoms with Crippen molar-refractivity contribution < 1.29 is 14.6 Å². The summed E-state index contributed by atoms with van der Waals surface area (Å²) in [6.45, 7) is -0.384. The highest BCUT2D eigenvalue weighted by Gasteiger charge is 2.14. The van der Waals surface area contributed by atoms with Gasteiger partial charge in [-0.25, -0.2) is 4.79 Å². The topological polar surface area (TPSA) is 46.5 Å². The molecule has 24 heavy (non-hydrogen) atoms. The molecule has 0 fully saturated rings. The second-order valence-corrected chi connectivity index (χ2v) is 6.16. The van der Waals surface area contributed by atoms with Crippen LogP contribution in [0.5, 0.6) is 5.75 Å². The average Bonchev–Trinajstić information content (AvgIpc) is 2.60. The second kappa shape index (κ2) is 7.32. The minimum Gasteiger partial charge on any atom is -0.481 e. The Morgan fingerprint density at radius 3 is 2.17 bits per heavy atom. The molecule has 0 amide bonds. The van der Waals surface area contributed by atoms with Gasteiger partial charge in [0.1, 0.15) is 5.75 Å². The van der Waals surface area contributed by atoms with Gasteiger partial charge in [0.2, 0.25) is 0 Å². The lowest BCUT2D eigenvalue weighted by molar-refractivity contribution is -0.139. The van der Waals surface area contributed by atoms with Gasteiger partial charge in [-0.15, -0.1) is 0 Å². The van der Waals surface area contributed by atoms with Gasteiger partial charge in [0.25, 0.3) is 0 Å². The Bertz CT molecular complexity index is 860. The molecular weight excluding hydrogens is 368 g/mol. The number of hydrogen-bond acceptors (Lipinski definition) is 2. The molecular formula is C20H15BrO3. The first-order valence-corrected chi connectivity index (χ1v) is 8.23. The third kappa shape index (κ3) is 3.66. The Morgan fingerprint density at radius 1 is 0.875 bits per heavy atom. The van der Waals surface area contributed by atoms with Crippen LogP contribution in [0.2, 0.25) is 0 Å². The van der Waals surface area contributed by atoms with Crippen LogP contribution in [0.25, 0.3) is 22.3 Å². The standard InChI is InChI=1S/C20H15BrO3/c21-16-9-4-8-15(12-16)18-11-5-10-17(14-6-2-1-3-7-14)20(18)24-13-19(22)23/h1-12H,13H2,(H,22,23). The van der Waals surface area contributed by atoms with Crippen LogP contribution in [-0.4, -0.2) is 17.7 Å². The van der Waals surface area contributed by atoms with Gasteiger partial charge in [0.05, 0.1) is 0 Å². The Hall–Kier alpha value is -2.59. The molecule has 3 nitrogen and oxygen atoms in total. The fourth-order valence-electron chi connectivity index (χ4n) is 2.55. The number of hydrogen-bond donors (Lipinski definition) is 1. The largest absolute Gasteiger partial charge is 0.481 e. The maximum absolute atomic E-state index is 11.0. The molecule has 1 N–H and O–H groups in total. The van der Waals surface area contributed by atoms with Crippen molar-refractivity contribution in [1.29, 1.82) is 0 Å². The number of halogens is 1. The zero-order valence-corrected chi connectivity index (χ0v) is 14.4. The number of carbonyl (C=O) groups is 1. The van der Waals surface area contributed by atoms with Crippen LogP contribution < -0.4 is 4.74 Å². The molecule has 0 saturated heterocycles. The number of aliphatic carboxylic acids is 1. The van der Waals surface area contributed by atoms with Gasteiger partial charge in [-0.3, -0.25) is 0 Å². The van der Waals surface area contributed by atoms with E-state index in [1.165, 1.54) is 0 Å². The summed E-state index contributed by atoms with van der Waals surface area (Å²) in [7, 11) is 0. The van der Waals surface area contributed by atoms with Crippen molar-refractivity contribution >= 4 is 21.9 Å². The lowest BCUT2D eigenvalue weighted by Crippen LogP contribution is -2.10. The van der Waals surface area contributed by atoms with E-state index in [0.717, 1.165) is 26.7 Å². The molecule has 0 aliphatic carbocycles. The summed E-state index contributed by atoms with van der Waals surface area (Å²) in [6.07, 6.45) is 0. The quantitative estimate of drug-likeness (QED) is 0.655. The van der Waals surface area contributed by atoms with Gasteiger partial charge in [-0.05, 0) is 23.3 Å². The zero-order valence-electron chi connectivity index (χ0n) is 12.8. The van der Waals surface area contributed by atoms with E-state index in [1.54, 1.807) is 0 Å². The highest BCUT2D eigenvalue weighted by molar-refractivity contribution is 9.10. The van der Waals surface area contributed by atoms with E-state index in [4.69, 9.17) is 9.84 Å². The van der Waals surface area contributed by atoms with Gasteiger partial charge < -0.3 is 9.84 Å². The summed E-state index contributed by atoms with van der Waals surface area (Å²) in [5.74, 6) is -0.428. The van der Waals surface area contributed by atoms with Gasteiger partial charge >= 0.3 is 5.97 Å². The van der Waals surface area contributed by atoms with Gasteiger partial charge in [-0.1, -0.05) is 76.6 Å². The van der Waals surface area contributed by atoms with Crippen molar-refractivity contribution in [3.05, 3.63) is 77.3 Å². The normalized spacial score (nSPS) is 10.4. The summed E-state index contributed by atoms with van der Waals surface area (Å²) < 4.78 is 6.62. The molecule has 0 unspecified atom stereocenters. The number of carboxylic acids is 1. The molecule has 0 bridgehead atoms. The Morgan fingerprint density at radius 2 is 1.50 bits per heavy atom. The third-order valence-electron chi connectivity index (χ3n) is 3.58. The first-order chi connectivity index (χ1) is 11.6. The molecule has 3 aromatic carbocycles. The van der Waals surface area contributed by atoms with Crippen molar-refractivity contribution in [3.8, 4) is 28.0 Å². The number of carboxylic acid groups (broad SMARTS) is 1. The van der Waals surface area contributed by atoms with Crippen LogP contribution in [0.1, 0.15) is 0 Å². The van der Waals surface area contributed by atoms with Crippen molar-refractivity contribution in [2.45, 2.75) is 0 Å². The van der Waals surface area contributed by atoms with E-state index >= 15 is 0 Å². The van der Waals surface area contributed by atoms with E-state index in [0.29, 0.717) is 5.75 Å². The van der Waals surface area contributed by atoms with Crippen LogP contribution in [0.3, 0.4) is 0 Å². The van der Waals surface area contributed by atoms with Gasteiger partial charge in [0, 0.05) is 15.6 Å². The third-order valence-corrected chi connectivity index (χ3v) is 4.07. The number of rotatable bonds is 5. The SMILES string of the molecule is O=C(O)COc1c(-c2ccccc2)cccc1-c1cccc(Br)c1. The fourth-order valence-corrected chi connectivity index (χ4v) is 2.95. The summed E-state index contributed by atoms with van der Waals surface area (Å²) in [5.41, 5.74) is 3.67. The Kier molecular flexibility index (Phi) is 4.96. The maximum Gasteiger partial charge on any atom is 0.341 e. The molecule has 0 aliphatic rings. The summed E-state index contributed by atoms with van der Waals surface area (Å²) >= 11 is 3.47. The van der Waals surface area contributed by atoms with Crippen LogP contribution in [0, 0.1) is 0 Å². The maximum atomic E-state index is 11.0. The van der Waals surface area contributed by atoms with Crippen molar-refractivity contribution in [2.75, 3.05) is 6.61 Å². The van der Waals surface area contributed by atoms with Crippen LogP contribution in [-0.2, 0) is 4.79 Å². The van der Waals surface area contributed by atoms with Crippen LogP contribution in [0.4, 0.5) is 0 Å². The fraction of sp³-hybridized carbons (Fsp3) is 0.0500. The van der Waals surface area contributed by atoms with Crippen molar-refractivity contribution in [1.82, 2.24) is 0 Å². The minimum absolute atomic E-state index is 0.384. The van der Waals surface area contributed by atoms with Crippen LogP contribution in [0.15, 0.2) is 77.3 Å². The molecule has 0 aliphatic heterocycles. The molecule has 0 aromatic heterocycles. The van der Waals surface area contributed by atoms with E-state index in [1.807, 2.05) is 72.8 Å². The zero-order chi connectivity index (χ0) is 16.9. The molecule has 0 saturated carbocycles. The summed E-state index contributed by atoms with van der Waals surface area (Å²) in [4.78, 5) is 11.0. The molecule has 0 heterocycles. The summed E-state index contributed by atoms with van der Waals surface area (Å²) in [6, 6.07) is 23.5. The molecule has 120 valence electrons. The second-order valence-electron chi connectivity index (χ2n) is 5.24. The molecule has 0 radical (unpaired) electrons. The Labute approximate surface area is 148 Å². The minimum atomic E-state index is -1.00. The van der Waals surface area contributed by atoms with Crippen molar-refractivity contribution in [3.63, 3.8) is 0 Å². The highest BCUT2D eigenvalue weighted by atomic mass is 79.9. The predicted molar refractivity (Wildman–Crippen MR) is 98.1 cm³/mol. The monoisotopic (exact) mass is 382 g/mol. The molecule has 3 aromatic rings. The average molecular weight is 383 g/mol. The van der Waals surface area contributed by atoms with E-state index in [-0.39, 0.29) is 6.61 Å².